The molecule has 8 heavy (non-hydrogen) atoms. The Morgan fingerprint density at radius 2 is 1.88 bits per heavy atom. The van der Waals surface area contributed by atoms with Crippen LogP contribution in [0.1, 0.15) is 12.8 Å². The van der Waals surface area contributed by atoms with E-state index in [1.165, 1.54) is 12.1 Å². The van der Waals surface area contributed by atoms with E-state index in [-0.39, 0.29) is 8.80 Å². The first kappa shape index (κ1) is 6.01. The van der Waals surface area contributed by atoms with Crippen LogP contribution in [0.5, 0.6) is 0 Å². The average molecular weight is 128 g/mol. The largest absolute Gasteiger partial charge is 0.300 e. The van der Waals surface area contributed by atoms with Gasteiger partial charge in [-0.3, -0.25) is 4.79 Å². The topological polar surface area (TPSA) is 17.1 Å². The second-order valence-electron chi connectivity index (χ2n) is 2.72. The molecule has 0 atom stereocenters. The fraction of sp³-hybridized carbons (Fsp3) is 0.833. The summed E-state index contributed by atoms with van der Waals surface area (Å²) < 4.78 is 0. The third kappa shape index (κ3) is 1.44. The number of carbonyl (C=O) groups excluding carboxylic acids is 1. The number of carbonyl (C=O) groups is 1. The van der Waals surface area contributed by atoms with Gasteiger partial charge in [0, 0.05) is 21.6 Å². The maximum atomic E-state index is 10.6. The molecule has 1 fully saturated rings. The van der Waals surface area contributed by atoms with Crippen LogP contribution in [-0.4, -0.2) is 14.6 Å². The van der Waals surface area contributed by atoms with Crippen molar-refractivity contribution in [2.24, 2.45) is 0 Å². The average Bonchev–Trinajstić information content (AvgIpc) is 1.77. The summed E-state index contributed by atoms with van der Waals surface area (Å²) in [5.74, 6) is 0.496. The summed E-state index contributed by atoms with van der Waals surface area (Å²) in [7, 11) is -0.354. The molecule has 0 aromatic heterocycles. The lowest BCUT2D eigenvalue weighted by molar-refractivity contribution is -0.118. The van der Waals surface area contributed by atoms with Crippen molar-refractivity contribution in [2.75, 3.05) is 0 Å². The van der Waals surface area contributed by atoms with Gasteiger partial charge < -0.3 is 0 Å². The fourth-order valence-electron chi connectivity index (χ4n) is 1.08. The molecule has 0 amide bonds. The van der Waals surface area contributed by atoms with Crippen LogP contribution in [0.4, 0.5) is 0 Å². The first-order valence-electron chi connectivity index (χ1n) is 3.31. The van der Waals surface area contributed by atoms with Crippen LogP contribution >= 0.6 is 0 Å². The maximum Gasteiger partial charge on any atom is 0.132 e. The van der Waals surface area contributed by atoms with E-state index in [2.05, 4.69) is 6.55 Å². The minimum Gasteiger partial charge on any atom is -0.300 e. The Kier molecular flexibility index (Phi) is 1.84. The Morgan fingerprint density at radius 1 is 1.38 bits per heavy atom. The Bertz CT molecular complexity index is 90.7. The van der Waals surface area contributed by atoms with Crippen molar-refractivity contribution in [3.05, 3.63) is 0 Å². The molecule has 0 aromatic rings. The first-order valence-corrected chi connectivity index (χ1v) is 6.09. The maximum absolute atomic E-state index is 10.6. The molecule has 1 heterocycles. The van der Waals surface area contributed by atoms with E-state index in [1.807, 2.05) is 0 Å². The molecule has 0 saturated carbocycles. The molecule has 0 spiro atoms. The summed E-state index contributed by atoms with van der Waals surface area (Å²) in [5, 5.41) is 0. The van der Waals surface area contributed by atoms with Gasteiger partial charge in [0.2, 0.25) is 0 Å². The lowest BCUT2D eigenvalue weighted by Crippen LogP contribution is -2.17. The Hall–Kier alpha value is -0.113. The minimum absolute atomic E-state index is 0.354. The van der Waals surface area contributed by atoms with Crippen LogP contribution in [0.3, 0.4) is 0 Å². The molecular weight excluding hydrogens is 116 g/mol. The summed E-state index contributed by atoms with van der Waals surface area (Å²) in [6, 6.07) is 2.53. The van der Waals surface area contributed by atoms with Gasteiger partial charge in [0.05, 0.1) is 0 Å². The van der Waals surface area contributed by atoms with Crippen LogP contribution in [0, 0.1) is 0 Å². The molecular formula is C6H12OSi. The molecule has 1 aliphatic heterocycles. The third-order valence-electron chi connectivity index (χ3n) is 1.83. The van der Waals surface area contributed by atoms with E-state index in [9.17, 15) is 4.79 Å². The van der Waals surface area contributed by atoms with E-state index in [4.69, 9.17) is 0 Å². The van der Waals surface area contributed by atoms with Crippen molar-refractivity contribution in [3.8, 4) is 0 Å². The summed E-state index contributed by atoms with van der Waals surface area (Å²) in [6.45, 7) is 2.35. The van der Waals surface area contributed by atoms with Gasteiger partial charge >= 0.3 is 0 Å². The number of ketones is 1. The van der Waals surface area contributed by atoms with Crippen LogP contribution in [0.15, 0.2) is 0 Å². The molecule has 1 aliphatic rings. The molecule has 2 heteroatoms. The zero-order valence-corrected chi connectivity index (χ0v) is 6.47. The van der Waals surface area contributed by atoms with E-state index >= 15 is 0 Å². The van der Waals surface area contributed by atoms with E-state index in [1.54, 1.807) is 0 Å². The summed E-state index contributed by atoms with van der Waals surface area (Å²) >= 11 is 0. The summed E-state index contributed by atoms with van der Waals surface area (Å²) in [4.78, 5) is 10.6. The monoisotopic (exact) mass is 128 g/mol. The smallest absolute Gasteiger partial charge is 0.132 e. The lowest BCUT2D eigenvalue weighted by Gasteiger charge is -2.13. The second-order valence-corrected chi connectivity index (χ2v) is 6.09. The fourth-order valence-corrected chi connectivity index (χ4v) is 3.00. The van der Waals surface area contributed by atoms with Crippen molar-refractivity contribution in [1.29, 1.82) is 0 Å². The highest BCUT2D eigenvalue weighted by atomic mass is 28.3. The highest BCUT2D eigenvalue weighted by Gasteiger charge is 2.14. The molecule has 0 radical (unpaired) electrons. The Labute approximate surface area is 51.7 Å². The van der Waals surface area contributed by atoms with Crippen LogP contribution < -0.4 is 0 Å². The SMILES string of the molecule is C[SiH]1CCC(=O)CC1. The van der Waals surface area contributed by atoms with Gasteiger partial charge in [0.25, 0.3) is 0 Å². The van der Waals surface area contributed by atoms with E-state index < -0.39 is 0 Å². The predicted octanol–water partition coefficient (Wildman–Crippen LogP) is 1.21. The van der Waals surface area contributed by atoms with Gasteiger partial charge in [-0.25, -0.2) is 0 Å². The van der Waals surface area contributed by atoms with Crippen molar-refractivity contribution >= 4 is 14.6 Å². The van der Waals surface area contributed by atoms with E-state index in [0.29, 0.717) is 5.78 Å². The number of rotatable bonds is 0. The Balaban J connectivity index is 2.29. The van der Waals surface area contributed by atoms with Crippen molar-refractivity contribution in [1.82, 2.24) is 0 Å². The first-order chi connectivity index (χ1) is 3.79. The molecule has 1 saturated heterocycles. The van der Waals surface area contributed by atoms with Crippen molar-refractivity contribution in [2.45, 2.75) is 31.5 Å². The number of Topliss-reactive ketones (excluding diaryl/α,β-unsaturated/α-hetero) is 1. The third-order valence-corrected chi connectivity index (χ3v) is 4.38. The van der Waals surface area contributed by atoms with Gasteiger partial charge in [-0.2, -0.15) is 0 Å². The molecule has 1 nitrogen and oxygen atoms in total. The van der Waals surface area contributed by atoms with Crippen molar-refractivity contribution in [3.63, 3.8) is 0 Å². The summed E-state index contributed by atoms with van der Waals surface area (Å²) in [5.41, 5.74) is 0. The normalized spacial score (nSPS) is 23.9. The highest BCUT2D eigenvalue weighted by Crippen LogP contribution is 2.14. The molecule has 1 rings (SSSR count). The number of hydrogen-bond acceptors (Lipinski definition) is 1. The van der Waals surface area contributed by atoms with E-state index in [0.717, 1.165) is 12.8 Å². The zero-order valence-electron chi connectivity index (χ0n) is 5.31. The highest BCUT2D eigenvalue weighted by molar-refractivity contribution is 6.58. The van der Waals surface area contributed by atoms with Gasteiger partial charge in [0.1, 0.15) is 5.78 Å². The van der Waals surface area contributed by atoms with Gasteiger partial charge in [-0.15, -0.1) is 0 Å². The molecule has 0 bridgehead atoms. The van der Waals surface area contributed by atoms with Crippen LogP contribution in [0.25, 0.3) is 0 Å². The molecule has 0 aromatic carbocycles. The van der Waals surface area contributed by atoms with Crippen molar-refractivity contribution < 1.29 is 4.79 Å². The second kappa shape index (κ2) is 2.44. The quantitative estimate of drug-likeness (QED) is 0.448. The standard InChI is InChI=1S/C6H12OSi/c1-8-4-2-6(7)3-5-8/h8H,2-5H2,1H3. The summed E-state index contributed by atoms with van der Waals surface area (Å²) in [6.07, 6.45) is 1.79. The molecule has 46 valence electrons. The number of hydrogen-bond donors (Lipinski definition) is 0. The van der Waals surface area contributed by atoms with Gasteiger partial charge in [-0.05, 0) is 0 Å². The minimum atomic E-state index is -0.354. The Morgan fingerprint density at radius 3 is 2.25 bits per heavy atom. The van der Waals surface area contributed by atoms with Crippen LogP contribution in [-0.2, 0) is 4.79 Å². The van der Waals surface area contributed by atoms with Crippen LogP contribution in [0.2, 0.25) is 18.6 Å². The predicted molar refractivity (Wildman–Crippen MR) is 36.9 cm³/mol. The molecule has 0 N–H and O–H groups in total. The molecule has 0 aliphatic carbocycles. The van der Waals surface area contributed by atoms with Gasteiger partial charge in [0.15, 0.2) is 0 Å². The molecule has 0 unspecified atom stereocenters. The lowest BCUT2D eigenvalue weighted by atomic mass is 10.2. The van der Waals surface area contributed by atoms with Gasteiger partial charge in [-0.1, -0.05) is 18.6 Å². The zero-order chi connectivity index (χ0) is 5.98.